The maximum Gasteiger partial charge on any atom is 0.253 e. The van der Waals surface area contributed by atoms with Crippen molar-refractivity contribution in [1.82, 2.24) is 25.3 Å². The molecule has 2 aliphatic rings. The fourth-order valence-electron chi connectivity index (χ4n) is 4.45. The van der Waals surface area contributed by atoms with Gasteiger partial charge in [-0.3, -0.25) is 14.7 Å². The van der Waals surface area contributed by atoms with Gasteiger partial charge in [-0.2, -0.15) is 5.10 Å². The summed E-state index contributed by atoms with van der Waals surface area (Å²) in [6.07, 6.45) is 5.94. The van der Waals surface area contributed by atoms with Crippen LogP contribution in [0, 0.1) is 0 Å². The van der Waals surface area contributed by atoms with E-state index in [1.165, 1.54) is 0 Å². The normalized spacial score (nSPS) is 19.2. The van der Waals surface area contributed by atoms with Crippen molar-refractivity contribution >= 4 is 34.9 Å². The largest absolute Gasteiger partial charge is 0.338 e. The van der Waals surface area contributed by atoms with Crippen LogP contribution in [0.1, 0.15) is 34.5 Å². The number of aromatic nitrogens is 2. The number of aromatic amines is 1. The second kappa shape index (κ2) is 8.96. The maximum atomic E-state index is 12.9. The Hall–Kier alpha value is -3.45. The molecule has 0 aliphatic carbocycles. The molecular weight excluding hydrogens is 402 g/mol. The first-order valence-corrected chi connectivity index (χ1v) is 11.2. The topological polar surface area (TPSA) is 81.3 Å². The molecule has 5 rings (SSSR count). The van der Waals surface area contributed by atoms with Crippen molar-refractivity contribution in [3.63, 3.8) is 0 Å². The summed E-state index contributed by atoms with van der Waals surface area (Å²) in [4.78, 5) is 29.2. The molecule has 0 spiro atoms. The van der Waals surface area contributed by atoms with Gasteiger partial charge in [-0.05, 0) is 49.2 Å². The Kier molecular flexibility index (Phi) is 5.73. The fraction of sp³-hybridized carbons (Fsp3) is 0.320. The summed E-state index contributed by atoms with van der Waals surface area (Å²) in [6.45, 7) is 3.26. The number of fused-ring (bicyclic) bond motifs is 1. The molecule has 0 saturated carbocycles. The number of nitrogens with zero attached hydrogens (tertiary/aromatic N) is 3. The number of H-pyrrole nitrogens is 1. The lowest BCUT2D eigenvalue weighted by atomic mass is 10.1. The predicted molar refractivity (Wildman–Crippen MR) is 125 cm³/mol. The first-order valence-electron chi connectivity index (χ1n) is 11.2. The van der Waals surface area contributed by atoms with Crippen molar-refractivity contribution in [1.29, 1.82) is 0 Å². The van der Waals surface area contributed by atoms with Crippen LogP contribution < -0.4 is 5.32 Å². The van der Waals surface area contributed by atoms with Crippen molar-refractivity contribution in [2.75, 3.05) is 32.7 Å². The highest BCUT2D eigenvalue weighted by atomic mass is 16.2. The molecular formula is C25H27N5O2. The Labute approximate surface area is 187 Å². The van der Waals surface area contributed by atoms with E-state index in [0.29, 0.717) is 31.7 Å². The number of rotatable bonds is 4. The van der Waals surface area contributed by atoms with Crippen LogP contribution in [0.3, 0.4) is 0 Å². The summed E-state index contributed by atoms with van der Waals surface area (Å²) < 4.78 is 0. The molecule has 1 unspecified atom stereocenters. The number of piperazine rings is 1. The zero-order valence-electron chi connectivity index (χ0n) is 18.0. The molecule has 164 valence electrons. The molecule has 2 saturated heterocycles. The molecule has 0 bridgehead atoms. The average Bonchev–Trinajstić information content (AvgIpc) is 3.53. The lowest BCUT2D eigenvalue weighted by Gasteiger charge is -2.36. The number of hydrogen-bond acceptors (Lipinski definition) is 4. The molecule has 2 aromatic carbocycles. The Morgan fingerprint density at radius 1 is 0.938 bits per heavy atom. The number of carbonyl (C=O) groups is 2. The zero-order chi connectivity index (χ0) is 21.9. The molecule has 0 radical (unpaired) electrons. The van der Waals surface area contributed by atoms with Gasteiger partial charge >= 0.3 is 0 Å². The van der Waals surface area contributed by atoms with Crippen LogP contribution in [0.5, 0.6) is 0 Å². The molecule has 3 aromatic rings. The van der Waals surface area contributed by atoms with E-state index in [2.05, 4.69) is 15.5 Å². The molecule has 1 atom stereocenters. The molecule has 7 heteroatoms. The highest BCUT2D eigenvalue weighted by Crippen LogP contribution is 2.18. The standard InChI is InChI=1S/C25H27N5O2/c31-24(29-14-16-30(17-15-29)25(32)23-6-3-13-26-23)19-10-7-18(8-11-19)9-12-22-20-4-1-2-5-21(20)27-28-22/h1-2,4-5,7-12,23,26H,3,6,13-17H2,(H,27,28)/b12-9+. The molecule has 2 amide bonds. The summed E-state index contributed by atoms with van der Waals surface area (Å²) in [5, 5.41) is 11.7. The lowest BCUT2D eigenvalue weighted by molar-refractivity contribution is -0.134. The van der Waals surface area contributed by atoms with Gasteiger partial charge in [0.05, 0.1) is 17.3 Å². The SMILES string of the molecule is O=C(c1ccc(/C=C/c2n[nH]c3ccccc23)cc1)N1CCN(C(=O)C2CCCN2)CC1. The van der Waals surface area contributed by atoms with Gasteiger partial charge in [-0.15, -0.1) is 0 Å². The van der Waals surface area contributed by atoms with E-state index in [0.717, 1.165) is 41.5 Å². The third-order valence-corrected chi connectivity index (χ3v) is 6.33. The number of benzene rings is 2. The second-order valence-electron chi connectivity index (χ2n) is 8.38. The summed E-state index contributed by atoms with van der Waals surface area (Å²) in [5.41, 5.74) is 3.58. The van der Waals surface area contributed by atoms with Crippen LogP contribution in [0.4, 0.5) is 0 Å². The van der Waals surface area contributed by atoms with E-state index in [9.17, 15) is 9.59 Å². The maximum absolute atomic E-state index is 12.9. The van der Waals surface area contributed by atoms with Crippen LogP contribution in [-0.2, 0) is 4.79 Å². The van der Waals surface area contributed by atoms with Crippen LogP contribution in [0.15, 0.2) is 48.5 Å². The predicted octanol–water partition coefficient (Wildman–Crippen LogP) is 2.77. The van der Waals surface area contributed by atoms with Crippen molar-refractivity contribution < 1.29 is 9.59 Å². The summed E-state index contributed by atoms with van der Waals surface area (Å²) in [7, 11) is 0. The number of carbonyl (C=O) groups excluding carboxylic acids is 2. The summed E-state index contributed by atoms with van der Waals surface area (Å²) in [6, 6.07) is 15.6. The third kappa shape index (κ3) is 4.16. The van der Waals surface area contributed by atoms with Gasteiger partial charge in [-0.25, -0.2) is 0 Å². The van der Waals surface area contributed by atoms with E-state index < -0.39 is 0 Å². The summed E-state index contributed by atoms with van der Waals surface area (Å²) in [5.74, 6) is 0.195. The minimum atomic E-state index is -0.0442. The van der Waals surface area contributed by atoms with Crippen LogP contribution in [0.25, 0.3) is 23.1 Å². The average molecular weight is 430 g/mol. The number of amides is 2. The monoisotopic (exact) mass is 429 g/mol. The minimum Gasteiger partial charge on any atom is -0.338 e. The quantitative estimate of drug-likeness (QED) is 0.668. The van der Waals surface area contributed by atoms with Crippen molar-refractivity contribution in [2.45, 2.75) is 18.9 Å². The van der Waals surface area contributed by atoms with Gasteiger partial charge in [0.1, 0.15) is 0 Å². The third-order valence-electron chi connectivity index (χ3n) is 6.33. The molecule has 7 nitrogen and oxygen atoms in total. The first kappa shape index (κ1) is 20.5. The van der Waals surface area contributed by atoms with Gasteiger partial charge in [0.15, 0.2) is 0 Å². The fourth-order valence-corrected chi connectivity index (χ4v) is 4.45. The van der Waals surface area contributed by atoms with Crippen molar-refractivity contribution in [3.05, 3.63) is 65.4 Å². The Bertz CT molecular complexity index is 1140. The Morgan fingerprint density at radius 2 is 1.69 bits per heavy atom. The smallest absolute Gasteiger partial charge is 0.253 e. The van der Waals surface area contributed by atoms with Gasteiger partial charge in [0.25, 0.3) is 5.91 Å². The van der Waals surface area contributed by atoms with E-state index in [4.69, 9.17) is 0 Å². The van der Waals surface area contributed by atoms with Gasteiger partial charge in [0, 0.05) is 37.1 Å². The first-order chi connectivity index (χ1) is 15.7. The van der Waals surface area contributed by atoms with E-state index in [1.54, 1.807) is 0 Å². The van der Waals surface area contributed by atoms with Crippen LogP contribution in [-0.4, -0.2) is 70.6 Å². The zero-order valence-corrected chi connectivity index (χ0v) is 18.0. The van der Waals surface area contributed by atoms with Crippen LogP contribution >= 0.6 is 0 Å². The van der Waals surface area contributed by atoms with Gasteiger partial charge in [-0.1, -0.05) is 36.4 Å². The van der Waals surface area contributed by atoms with E-state index in [1.807, 2.05) is 70.5 Å². The number of para-hydroxylation sites is 1. The van der Waals surface area contributed by atoms with Crippen molar-refractivity contribution in [3.8, 4) is 0 Å². The molecule has 2 fully saturated rings. The highest BCUT2D eigenvalue weighted by Gasteiger charge is 2.30. The van der Waals surface area contributed by atoms with E-state index >= 15 is 0 Å². The van der Waals surface area contributed by atoms with Crippen LogP contribution in [0.2, 0.25) is 0 Å². The Balaban J connectivity index is 1.19. The molecule has 3 heterocycles. The highest BCUT2D eigenvalue weighted by molar-refractivity contribution is 5.95. The van der Waals surface area contributed by atoms with Crippen molar-refractivity contribution in [2.24, 2.45) is 0 Å². The van der Waals surface area contributed by atoms with Gasteiger partial charge < -0.3 is 15.1 Å². The summed E-state index contributed by atoms with van der Waals surface area (Å²) >= 11 is 0. The molecule has 1 aromatic heterocycles. The molecule has 2 N–H and O–H groups in total. The Morgan fingerprint density at radius 3 is 2.44 bits per heavy atom. The molecule has 32 heavy (non-hydrogen) atoms. The lowest BCUT2D eigenvalue weighted by Crippen LogP contribution is -2.54. The number of nitrogens with one attached hydrogen (secondary N) is 2. The molecule has 2 aliphatic heterocycles. The van der Waals surface area contributed by atoms with E-state index in [-0.39, 0.29) is 17.9 Å². The number of hydrogen-bond donors (Lipinski definition) is 2. The van der Waals surface area contributed by atoms with Gasteiger partial charge in [0.2, 0.25) is 5.91 Å². The second-order valence-corrected chi connectivity index (χ2v) is 8.38. The minimum absolute atomic E-state index is 0.0184.